The van der Waals surface area contributed by atoms with Gasteiger partial charge in [-0.3, -0.25) is 4.79 Å². The van der Waals surface area contributed by atoms with Crippen LogP contribution in [0.4, 0.5) is 0 Å². The van der Waals surface area contributed by atoms with Crippen LogP contribution in [0.2, 0.25) is 0 Å². The summed E-state index contributed by atoms with van der Waals surface area (Å²) in [5.74, 6) is 0.475. The molecule has 2 atom stereocenters. The Kier molecular flexibility index (Phi) is 1.96. The normalized spacial score (nSPS) is 31.0. The average Bonchev–Trinajstić information content (AvgIpc) is 2.40. The van der Waals surface area contributed by atoms with E-state index in [1.165, 1.54) is 0 Å². The molecule has 3 nitrogen and oxygen atoms in total. The Morgan fingerprint density at radius 2 is 2.54 bits per heavy atom. The Balaban J connectivity index is 2.15. The smallest absolute Gasteiger partial charge is 0.228 e. The summed E-state index contributed by atoms with van der Waals surface area (Å²) in [6.07, 6.45) is 5.12. The molecule has 1 fully saturated rings. The van der Waals surface area contributed by atoms with E-state index in [4.69, 9.17) is 5.11 Å². The van der Waals surface area contributed by atoms with Gasteiger partial charge in [0, 0.05) is 18.5 Å². The van der Waals surface area contributed by atoms with Gasteiger partial charge in [0.15, 0.2) is 0 Å². The third-order valence-electron chi connectivity index (χ3n) is 2.88. The van der Waals surface area contributed by atoms with Gasteiger partial charge in [0.1, 0.15) is 0 Å². The van der Waals surface area contributed by atoms with Crippen LogP contribution in [0.3, 0.4) is 0 Å². The summed E-state index contributed by atoms with van der Waals surface area (Å²) in [7, 11) is 0. The topological polar surface area (TPSA) is 40.5 Å². The largest absolute Gasteiger partial charge is 0.392 e. The molecule has 1 saturated heterocycles. The van der Waals surface area contributed by atoms with Crippen LogP contribution in [0.25, 0.3) is 0 Å². The van der Waals surface area contributed by atoms with Crippen LogP contribution in [0.15, 0.2) is 24.4 Å². The van der Waals surface area contributed by atoms with Gasteiger partial charge in [-0.15, -0.1) is 6.58 Å². The highest BCUT2D eigenvalue weighted by atomic mass is 16.3. The summed E-state index contributed by atoms with van der Waals surface area (Å²) < 4.78 is 0. The molecule has 0 aliphatic carbocycles. The second-order valence-electron chi connectivity index (χ2n) is 3.57. The van der Waals surface area contributed by atoms with E-state index in [1.807, 2.05) is 6.08 Å². The molecule has 2 rings (SSSR count). The number of allylic oxidation sites excluding steroid dienone is 1. The summed E-state index contributed by atoms with van der Waals surface area (Å²) in [4.78, 5) is 12.8. The summed E-state index contributed by atoms with van der Waals surface area (Å²) in [6.45, 7) is 3.74. The van der Waals surface area contributed by atoms with Crippen LogP contribution in [0.5, 0.6) is 0 Å². The number of carbonyl (C=O) groups is 1. The highest BCUT2D eigenvalue weighted by Crippen LogP contribution is 2.39. The third kappa shape index (κ3) is 1.11. The molecule has 0 aromatic heterocycles. The lowest BCUT2D eigenvalue weighted by atomic mass is 9.86. The molecule has 2 aliphatic heterocycles. The van der Waals surface area contributed by atoms with E-state index in [2.05, 4.69) is 6.58 Å². The van der Waals surface area contributed by atoms with Gasteiger partial charge < -0.3 is 10.0 Å². The van der Waals surface area contributed by atoms with Crippen LogP contribution in [-0.4, -0.2) is 28.6 Å². The number of hydrogen-bond donors (Lipinski definition) is 1. The monoisotopic (exact) mass is 179 g/mol. The number of amides is 1. The second-order valence-corrected chi connectivity index (χ2v) is 3.57. The zero-order chi connectivity index (χ0) is 9.42. The molecule has 2 aliphatic rings. The zero-order valence-electron chi connectivity index (χ0n) is 7.44. The minimum atomic E-state index is 0.0544. The maximum atomic E-state index is 11.1. The van der Waals surface area contributed by atoms with Gasteiger partial charge in [-0.05, 0) is 12.0 Å². The van der Waals surface area contributed by atoms with E-state index in [9.17, 15) is 4.79 Å². The lowest BCUT2D eigenvalue weighted by Gasteiger charge is -2.36. The molecule has 0 spiro atoms. The second kappa shape index (κ2) is 3.00. The van der Waals surface area contributed by atoms with Crippen molar-refractivity contribution in [2.45, 2.75) is 18.9 Å². The predicted octanol–water partition coefficient (Wildman–Crippen LogP) is 0.669. The minimum absolute atomic E-state index is 0.0544. The maximum absolute atomic E-state index is 11.1. The molecule has 0 unspecified atom stereocenters. The number of β-lactam (4-membered cyclic amide) rings is 1. The molecule has 13 heavy (non-hydrogen) atoms. The Labute approximate surface area is 77.3 Å². The van der Waals surface area contributed by atoms with Crippen LogP contribution in [-0.2, 0) is 4.79 Å². The summed E-state index contributed by atoms with van der Waals surface area (Å²) in [5, 5.41) is 9.07. The first-order valence-electron chi connectivity index (χ1n) is 4.51. The Bertz CT molecular complexity index is 283. The van der Waals surface area contributed by atoms with Gasteiger partial charge in [0.05, 0.1) is 12.6 Å². The Hall–Kier alpha value is -1.09. The highest BCUT2D eigenvalue weighted by molar-refractivity contribution is 5.85. The van der Waals surface area contributed by atoms with Gasteiger partial charge in [-0.1, -0.05) is 6.08 Å². The van der Waals surface area contributed by atoms with Crippen LogP contribution in [0.1, 0.15) is 12.8 Å². The number of aliphatic hydroxyl groups excluding tert-OH is 1. The third-order valence-corrected chi connectivity index (χ3v) is 2.88. The van der Waals surface area contributed by atoms with Crippen molar-refractivity contribution in [1.82, 2.24) is 4.90 Å². The number of fused-ring (bicyclic) bond motifs is 1. The van der Waals surface area contributed by atoms with Crippen LogP contribution < -0.4 is 0 Å². The van der Waals surface area contributed by atoms with Gasteiger partial charge in [0.25, 0.3) is 0 Å². The number of rotatable bonds is 3. The van der Waals surface area contributed by atoms with Gasteiger partial charge in [0.2, 0.25) is 5.91 Å². The van der Waals surface area contributed by atoms with Gasteiger partial charge in [-0.2, -0.15) is 0 Å². The lowest BCUT2D eigenvalue weighted by Crippen LogP contribution is -2.49. The van der Waals surface area contributed by atoms with E-state index in [-0.39, 0.29) is 12.5 Å². The first-order chi connectivity index (χ1) is 6.27. The van der Waals surface area contributed by atoms with Crippen molar-refractivity contribution in [3.63, 3.8) is 0 Å². The van der Waals surface area contributed by atoms with Crippen molar-refractivity contribution in [3.8, 4) is 0 Å². The molecule has 3 heteroatoms. The molecule has 1 N–H and O–H groups in total. The summed E-state index contributed by atoms with van der Waals surface area (Å²) >= 11 is 0. The van der Waals surface area contributed by atoms with Crippen molar-refractivity contribution in [1.29, 1.82) is 0 Å². The first-order valence-corrected chi connectivity index (χ1v) is 4.51. The SMILES string of the molecule is C=CC[C@H]1C(CO)=CN2C(=O)C[C@H]12. The fourth-order valence-corrected chi connectivity index (χ4v) is 2.13. The molecule has 0 saturated carbocycles. The summed E-state index contributed by atoms with van der Waals surface area (Å²) in [5.41, 5.74) is 0.968. The highest BCUT2D eigenvalue weighted by Gasteiger charge is 2.45. The molecule has 2 heterocycles. The lowest BCUT2D eigenvalue weighted by molar-refractivity contribution is -0.141. The Morgan fingerprint density at radius 1 is 1.77 bits per heavy atom. The van der Waals surface area contributed by atoms with Crippen molar-refractivity contribution >= 4 is 5.91 Å². The molecule has 1 amide bonds. The van der Waals surface area contributed by atoms with Crippen molar-refractivity contribution in [2.24, 2.45) is 5.92 Å². The minimum Gasteiger partial charge on any atom is -0.392 e. The number of carbonyl (C=O) groups excluding carboxylic acids is 1. The van der Waals surface area contributed by atoms with Crippen LogP contribution >= 0.6 is 0 Å². The van der Waals surface area contributed by atoms with Gasteiger partial charge >= 0.3 is 0 Å². The number of hydrogen-bond acceptors (Lipinski definition) is 2. The summed E-state index contributed by atoms with van der Waals surface area (Å²) in [6, 6.07) is 0.299. The molecule has 0 radical (unpaired) electrons. The zero-order valence-corrected chi connectivity index (χ0v) is 7.44. The van der Waals surface area contributed by atoms with E-state index >= 15 is 0 Å². The Morgan fingerprint density at radius 3 is 3.08 bits per heavy atom. The standard InChI is InChI=1S/C10H13NO2/c1-2-3-8-7(6-12)5-11-9(8)4-10(11)13/h2,5,8-9,12H,1,3-4,6H2/t8-,9+/m0/s1. The molecular weight excluding hydrogens is 166 g/mol. The van der Waals surface area contributed by atoms with Crippen molar-refractivity contribution < 1.29 is 9.90 Å². The van der Waals surface area contributed by atoms with Crippen molar-refractivity contribution in [3.05, 3.63) is 24.4 Å². The quantitative estimate of drug-likeness (QED) is 0.511. The van der Waals surface area contributed by atoms with E-state index in [0.29, 0.717) is 18.4 Å². The first kappa shape index (κ1) is 8.51. The van der Waals surface area contributed by atoms with E-state index in [0.717, 1.165) is 12.0 Å². The molecule has 0 bridgehead atoms. The molecular formula is C10H13NO2. The maximum Gasteiger partial charge on any atom is 0.228 e. The van der Waals surface area contributed by atoms with Crippen LogP contribution in [0, 0.1) is 5.92 Å². The fourth-order valence-electron chi connectivity index (χ4n) is 2.13. The fraction of sp³-hybridized carbons (Fsp3) is 0.500. The average molecular weight is 179 g/mol. The molecule has 70 valence electrons. The number of aliphatic hydroxyl groups is 1. The number of nitrogens with zero attached hydrogens (tertiary/aromatic N) is 1. The van der Waals surface area contributed by atoms with Gasteiger partial charge in [-0.25, -0.2) is 0 Å². The van der Waals surface area contributed by atoms with Crippen molar-refractivity contribution in [2.75, 3.05) is 6.61 Å². The van der Waals surface area contributed by atoms with E-state index in [1.54, 1.807) is 11.1 Å². The molecule has 0 aromatic rings. The van der Waals surface area contributed by atoms with E-state index < -0.39 is 0 Å². The molecule has 0 aromatic carbocycles. The predicted molar refractivity (Wildman–Crippen MR) is 48.7 cm³/mol.